The molecule has 0 bridgehead atoms. The number of rotatable bonds is 8. The van der Waals surface area contributed by atoms with Gasteiger partial charge in [-0.05, 0) is 84.3 Å². The van der Waals surface area contributed by atoms with Crippen molar-refractivity contribution in [1.29, 1.82) is 5.41 Å². The van der Waals surface area contributed by atoms with Gasteiger partial charge in [0, 0.05) is 53.2 Å². The average Bonchev–Trinajstić information content (AvgIpc) is 4.04. The Balaban J connectivity index is 0.000000152. The number of amidine groups is 1. The minimum Gasteiger partial charge on any atom is -0.456 e. The molecule has 316 valence electrons. The zero-order chi connectivity index (χ0) is 44.9. The smallest absolute Gasteiger partial charge is 0.143 e. The minimum absolute atomic E-state index is 0.0320. The van der Waals surface area contributed by atoms with Crippen LogP contribution in [0.25, 0.3) is 99.5 Å². The van der Waals surface area contributed by atoms with Crippen molar-refractivity contribution >= 4 is 90.0 Å². The summed E-state index contributed by atoms with van der Waals surface area (Å²) in [6, 6.07) is 60.1. The van der Waals surface area contributed by atoms with E-state index in [1.165, 1.54) is 54.2 Å². The first kappa shape index (κ1) is 42.3. The number of nitrogens with one attached hydrogen (secondary N) is 1. The predicted molar refractivity (Wildman–Crippen MR) is 279 cm³/mol. The van der Waals surface area contributed by atoms with Crippen LogP contribution in [0.2, 0.25) is 0 Å². The number of para-hydroxylation sites is 2. The van der Waals surface area contributed by atoms with E-state index in [9.17, 15) is 0 Å². The Morgan fingerprint density at radius 1 is 0.646 bits per heavy atom. The zero-order valence-electron chi connectivity index (χ0n) is 36.3. The van der Waals surface area contributed by atoms with Crippen LogP contribution in [0.15, 0.2) is 202 Å². The SMILES string of the molecule is C=Cc1sc2ccc(-c3ccccc3)c(-c3ccc4oc5cccc(C(=N)N)c5c4c3)c2c1/C=C\C.C=NCc1ccccc1.Cc1ccc(-c2cccc3c2oc2ccccc23)cc1. The van der Waals surface area contributed by atoms with Crippen LogP contribution in [0.5, 0.6) is 0 Å². The molecule has 0 atom stereocenters. The fraction of sp³-hybridized carbons (Fsp3) is 0.0508. The van der Waals surface area contributed by atoms with Crippen molar-refractivity contribution in [3.05, 3.63) is 216 Å². The van der Waals surface area contributed by atoms with E-state index in [2.05, 4.69) is 140 Å². The molecule has 65 heavy (non-hydrogen) atoms. The summed E-state index contributed by atoms with van der Waals surface area (Å²) in [6.45, 7) is 12.4. The predicted octanol–water partition coefficient (Wildman–Crippen LogP) is 16.5. The molecule has 11 aromatic rings. The maximum Gasteiger partial charge on any atom is 0.143 e. The van der Waals surface area contributed by atoms with Gasteiger partial charge in [0.15, 0.2) is 0 Å². The van der Waals surface area contributed by atoms with E-state index in [0.29, 0.717) is 5.56 Å². The van der Waals surface area contributed by atoms with E-state index in [4.69, 9.17) is 20.0 Å². The van der Waals surface area contributed by atoms with Crippen LogP contribution in [0.4, 0.5) is 0 Å². The lowest BCUT2D eigenvalue weighted by atomic mass is 9.89. The van der Waals surface area contributed by atoms with Gasteiger partial charge < -0.3 is 14.6 Å². The number of benzene rings is 8. The molecular weight excluding hydrogens is 815 g/mol. The van der Waals surface area contributed by atoms with Gasteiger partial charge in [-0.2, -0.15) is 0 Å². The molecule has 0 saturated heterocycles. The fourth-order valence-electron chi connectivity index (χ4n) is 8.50. The maximum atomic E-state index is 8.12. The van der Waals surface area contributed by atoms with Crippen molar-refractivity contribution in [3.8, 4) is 33.4 Å². The van der Waals surface area contributed by atoms with Crippen LogP contribution < -0.4 is 5.73 Å². The molecule has 3 aromatic heterocycles. The standard InChI is InChI=1S/C32H24N2OS.C19H14O.C8H9N/c1-3-9-22-27(4-2)36-28-17-15-21(19-10-6-5-7-11-19)29(31(22)28)20-14-16-25-24(18-20)30-23(32(33)34)12-8-13-26(30)35-25;1-13-9-11-14(12-10-13)15-6-4-7-17-16-5-2-3-8-18(16)20-19(15)17;1-9-7-8-5-3-2-4-6-8/h3-18H,2H2,1H3,(H3,33,34);2-12H,1H3;2-6H,1,7H2/b9-3-;;. The molecule has 8 aromatic carbocycles. The summed E-state index contributed by atoms with van der Waals surface area (Å²) in [5.41, 5.74) is 20.7. The number of aliphatic imine (C=N–C) groups is 1. The number of fused-ring (bicyclic) bond motifs is 7. The molecule has 6 heteroatoms. The highest BCUT2D eigenvalue weighted by Crippen LogP contribution is 2.46. The second kappa shape index (κ2) is 18.7. The third kappa shape index (κ3) is 8.43. The van der Waals surface area contributed by atoms with Gasteiger partial charge in [-0.1, -0.05) is 176 Å². The fourth-order valence-corrected chi connectivity index (χ4v) is 9.55. The van der Waals surface area contributed by atoms with E-state index >= 15 is 0 Å². The monoisotopic (exact) mass is 861 g/mol. The summed E-state index contributed by atoms with van der Waals surface area (Å²) in [7, 11) is 0. The molecule has 0 aliphatic heterocycles. The zero-order valence-corrected chi connectivity index (χ0v) is 37.2. The molecule has 3 heterocycles. The van der Waals surface area contributed by atoms with Gasteiger partial charge in [0.25, 0.3) is 0 Å². The van der Waals surface area contributed by atoms with E-state index in [-0.39, 0.29) is 5.84 Å². The Morgan fingerprint density at radius 3 is 2.05 bits per heavy atom. The first-order chi connectivity index (χ1) is 31.9. The van der Waals surface area contributed by atoms with Crippen LogP contribution in [0.1, 0.15) is 34.1 Å². The van der Waals surface area contributed by atoms with Gasteiger partial charge in [0.2, 0.25) is 0 Å². The molecule has 0 unspecified atom stereocenters. The van der Waals surface area contributed by atoms with Crippen molar-refractivity contribution in [2.24, 2.45) is 10.7 Å². The third-order valence-corrected chi connectivity index (χ3v) is 12.7. The van der Waals surface area contributed by atoms with E-state index in [1.807, 2.05) is 85.8 Å². The second-order valence-corrected chi connectivity index (χ2v) is 16.8. The second-order valence-electron chi connectivity index (χ2n) is 15.7. The van der Waals surface area contributed by atoms with Crippen LogP contribution >= 0.6 is 11.3 Å². The molecule has 0 radical (unpaired) electrons. The number of furan rings is 2. The highest BCUT2D eigenvalue weighted by molar-refractivity contribution is 7.20. The number of thiophene rings is 1. The third-order valence-electron chi connectivity index (χ3n) is 11.5. The summed E-state index contributed by atoms with van der Waals surface area (Å²) < 4.78 is 13.4. The number of nitrogens with two attached hydrogens (primary N) is 1. The molecule has 0 spiro atoms. The number of nitrogen functional groups attached to an aromatic ring is 1. The van der Waals surface area contributed by atoms with Gasteiger partial charge >= 0.3 is 0 Å². The topological polar surface area (TPSA) is 88.5 Å². The number of nitrogens with zero attached hydrogens (tertiary/aromatic N) is 1. The molecular formula is C59H47N3O2S. The Morgan fingerprint density at radius 2 is 1.31 bits per heavy atom. The Bertz CT molecular complexity index is 3540. The molecule has 3 N–H and O–H groups in total. The molecule has 5 nitrogen and oxygen atoms in total. The highest BCUT2D eigenvalue weighted by atomic mass is 32.1. The molecule has 11 rings (SSSR count). The van der Waals surface area contributed by atoms with E-state index in [1.54, 1.807) is 11.3 Å². The maximum absolute atomic E-state index is 8.12. The lowest BCUT2D eigenvalue weighted by Gasteiger charge is -2.14. The van der Waals surface area contributed by atoms with Crippen molar-refractivity contribution in [3.63, 3.8) is 0 Å². The van der Waals surface area contributed by atoms with Crippen LogP contribution in [-0.4, -0.2) is 12.6 Å². The van der Waals surface area contributed by atoms with E-state index in [0.717, 1.165) is 61.2 Å². The van der Waals surface area contributed by atoms with Crippen molar-refractivity contribution < 1.29 is 8.83 Å². The molecule has 0 saturated carbocycles. The molecule has 0 aliphatic rings. The number of hydrogen-bond acceptors (Lipinski definition) is 5. The van der Waals surface area contributed by atoms with Crippen LogP contribution in [-0.2, 0) is 6.54 Å². The van der Waals surface area contributed by atoms with Crippen LogP contribution in [0.3, 0.4) is 0 Å². The van der Waals surface area contributed by atoms with Gasteiger partial charge in [0.1, 0.15) is 28.2 Å². The first-order valence-electron chi connectivity index (χ1n) is 21.5. The number of hydrogen-bond donors (Lipinski definition) is 2. The first-order valence-corrected chi connectivity index (χ1v) is 22.3. The van der Waals surface area contributed by atoms with Crippen LogP contribution in [0, 0.1) is 12.3 Å². The van der Waals surface area contributed by atoms with Crippen molar-refractivity contribution in [2.75, 3.05) is 0 Å². The molecule has 0 amide bonds. The average molecular weight is 862 g/mol. The van der Waals surface area contributed by atoms with Gasteiger partial charge in [-0.3, -0.25) is 10.4 Å². The van der Waals surface area contributed by atoms with Gasteiger partial charge in [-0.15, -0.1) is 11.3 Å². The largest absolute Gasteiger partial charge is 0.456 e. The Hall–Kier alpha value is -8.06. The summed E-state index contributed by atoms with van der Waals surface area (Å²) in [5.74, 6) is 0.0320. The highest BCUT2D eigenvalue weighted by Gasteiger charge is 2.20. The summed E-state index contributed by atoms with van der Waals surface area (Å²) in [6.07, 6.45) is 6.20. The van der Waals surface area contributed by atoms with Gasteiger partial charge in [0.05, 0.1) is 6.54 Å². The van der Waals surface area contributed by atoms with E-state index < -0.39 is 0 Å². The Kier molecular flexibility index (Phi) is 12.2. The van der Waals surface area contributed by atoms with Crippen molar-refractivity contribution in [1.82, 2.24) is 0 Å². The normalized spacial score (nSPS) is 11.2. The summed E-state index contributed by atoms with van der Waals surface area (Å²) >= 11 is 1.76. The lowest BCUT2D eigenvalue weighted by molar-refractivity contribution is 0.669. The van der Waals surface area contributed by atoms with Crippen molar-refractivity contribution in [2.45, 2.75) is 20.4 Å². The van der Waals surface area contributed by atoms with Gasteiger partial charge in [-0.25, -0.2) is 0 Å². The molecule has 0 aliphatic carbocycles. The summed E-state index contributed by atoms with van der Waals surface area (Å²) in [4.78, 5) is 4.91. The Labute approximate surface area is 382 Å². The quantitative estimate of drug-likeness (QED) is 0.118. The number of allylic oxidation sites excluding steroid dienone is 1. The number of aryl methyl sites for hydroxylation is 1. The minimum atomic E-state index is 0.0320. The molecule has 0 fully saturated rings. The summed E-state index contributed by atoms with van der Waals surface area (Å²) in [5, 5.41) is 13.5. The lowest BCUT2D eigenvalue weighted by Crippen LogP contribution is -2.11.